The van der Waals surface area contributed by atoms with Crippen molar-refractivity contribution in [3.05, 3.63) is 24.0 Å². The number of carbonyl (C=O) groups excluding carboxylic acids is 1. The highest BCUT2D eigenvalue weighted by Gasteiger charge is 2.39. The van der Waals surface area contributed by atoms with E-state index in [4.69, 9.17) is 0 Å². The van der Waals surface area contributed by atoms with Gasteiger partial charge in [0.05, 0.1) is 0 Å². The van der Waals surface area contributed by atoms with Crippen LogP contribution in [-0.2, 0) is 7.05 Å². The highest BCUT2D eigenvalue weighted by Crippen LogP contribution is 2.30. The van der Waals surface area contributed by atoms with Crippen molar-refractivity contribution in [3.8, 4) is 0 Å². The van der Waals surface area contributed by atoms with Crippen molar-refractivity contribution in [2.24, 2.45) is 7.05 Å². The number of likely N-dealkylation sites (N-methyl/N-ethyl adjacent to an activating group) is 1. The third kappa shape index (κ3) is 2.26. The average molecular weight is 275 g/mol. The van der Waals surface area contributed by atoms with E-state index >= 15 is 0 Å². The summed E-state index contributed by atoms with van der Waals surface area (Å²) >= 11 is 0. The maximum atomic E-state index is 12.8. The summed E-state index contributed by atoms with van der Waals surface area (Å²) in [6, 6.07) is 4.88. The molecule has 0 radical (unpaired) electrons. The first-order valence-corrected chi connectivity index (χ1v) is 7.88. The fraction of sp³-hybridized carbons (Fsp3) is 0.688. The third-order valence-electron chi connectivity index (χ3n) is 4.99. The fourth-order valence-corrected chi connectivity index (χ4v) is 3.96. The summed E-state index contributed by atoms with van der Waals surface area (Å²) in [5.74, 6) is 0.211. The molecule has 2 aliphatic rings. The SMILES string of the molecule is CCN1CCC[C@@H]1[C@H]1CCCN1C(=O)c1cccn1C. The van der Waals surface area contributed by atoms with Crippen LogP contribution < -0.4 is 0 Å². The molecule has 0 saturated carbocycles. The van der Waals surface area contributed by atoms with E-state index in [9.17, 15) is 4.79 Å². The molecule has 0 aliphatic carbocycles. The number of amides is 1. The second-order valence-corrected chi connectivity index (χ2v) is 6.05. The number of aromatic nitrogens is 1. The van der Waals surface area contributed by atoms with Gasteiger partial charge in [-0.1, -0.05) is 6.92 Å². The van der Waals surface area contributed by atoms with Gasteiger partial charge in [0.1, 0.15) is 5.69 Å². The molecule has 3 rings (SSSR count). The van der Waals surface area contributed by atoms with Gasteiger partial charge in [-0.2, -0.15) is 0 Å². The van der Waals surface area contributed by atoms with Crippen molar-refractivity contribution in [1.82, 2.24) is 14.4 Å². The Bertz CT molecular complexity index is 482. The zero-order chi connectivity index (χ0) is 14.1. The first-order chi connectivity index (χ1) is 9.72. The minimum atomic E-state index is 0.211. The van der Waals surface area contributed by atoms with Crippen LogP contribution in [0.1, 0.15) is 43.1 Å². The Balaban J connectivity index is 1.79. The van der Waals surface area contributed by atoms with E-state index < -0.39 is 0 Å². The van der Waals surface area contributed by atoms with Gasteiger partial charge in [0.25, 0.3) is 5.91 Å². The Morgan fingerprint density at radius 2 is 2.00 bits per heavy atom. The van der Waals surface area contributed by atoms with Crippen molar-refractivity contribution in [2.45, 2.75) is 44.7 Å². The number of nitrogens with zero attached hydrogens (tertiary/aromatic N) is 3. The molecule has 0 spiro atoms. The Kier molecular flexibility index (Phi) is 3.83. The zero-order valence-corrected chi connectivity index (χ0v) is 12.6. The zero-order valence-electron chi connectivity index (χ0n) is 12.6. The molecule has 3 heterocycles. The number of rotatable bonds is 3. The molecule has 0 N–H and O–H groups in total. The Morgan fingerprint density at radius 1 is 1.25 bits per heavy atom. The molecule has 4 nitrogen and oxygen atoms in total. The van der Waals surface area contributed by atoms with Crippen LogP contribution in [0.4, 0.5) is 0 Å². The summed E-state index contributed by atoms with van der Waals surface area (Å²) in [7, 11) is 1.95. The lowest BCUT2D eigenvalue weighted by Crippen LogP contribution is -2.48. The van der Waals surface area contributed by atoms with Crippen LogP contribution in [0.15, 0.2) is 18.3 Å². The lowest BCUT2D eigenvalue weighted by Gasteiger charge is -2.34. The summed E-state index contributed by atoms with van der Waals surface area (Å²) in [5.41, 5.74) is 0.818. The van der Waals surface area contributed by atoms with Gasteiger partial charge < -0.3 is 9.47 Å². The van der Waals surface area contributed by atoms with Crippen LogP contribution in [0.25, 0.3) is 0 Å². The third-order valence-corrected chi connectivity index (χ3v) is 4.99. The van der Waals surface area contributed by atoms with Gasteiger partial charge in [0.2, 0.25) is 0 Å². The maximum Gasteiger partial charge on any atom is 0.270 e. The van der Waals surface area contributed by atoms with E-state index in [2.05, 4.69) is 16.7 Å². The quantitative estimate of drug-likeness (QED) is 0.845. The monoisotopic (exact) mass is 275 g/mol. The van der Waals surface area contributed by atoms with Crippen LogP contribution in [0.5, 0.6) is 0 Å². The number of likely N-dealkylation sites (tertiary alicyclic amines) is 2. The second kappa shape index (κ2) is 5.60. The summed E-state index contributed by atoms with van der Waals surface area (Å²) in [6.07, 6.45) is 6.79. The summed E-state index contributed by atoms with van der Waals surface area (Å²) in [4.78, 5) is 17.5. The minimum Gasteiger partial charge on any atom is -0.347 e. The molecule has 1 amide bonds. The van der Waals surface area contributed by atoms with Crippen LogP contribution >= 0.6 is 0 Å². The van der Waals surface area contributed by atoms with Gasteiger partial charge in [0.15, 0.2) is 0 Å². The van der Waals surface area contributed by atoms with Gasteiger partial charge in [-0.3, -0.25) is 9.69 Å². The molecular formula is C16H25N3O. The predicted octanol–water partition coefficient (Wildman–Crippen LogP) is 2.11. The van der Waals surface area contributed by atoms with Crippen molar-refractivity contribution in [1.29, 1.82) is 0 Å². The summed E-state index contributed by atoms with van der Waals surface area (Å²) in [5, 5.41) is 0. The molecule has 0 aromatic carbocycles. The molecule has 2 aliphatic heterocycles. The number of aryl methyl sites for hydroxylation is 1. The molecule has 2 saturated heterocycles. The van der Waals surface area contributed by atoms with Gasteiger partial charge >= 0.3 is 0 Å². The molecule has 110 valence electrons. The van der Waals surface area contributed by atoms with Crippen LogP contribution in [0, 0.1) is 0 Å². The van der Waals surface area contributed by atoms with Crippen molar-refractivity contribution < 1.29 is 4.79 Å². The fourth-order valence-electron chi connectivity index (χ4n) is 3.96. The number of carbonyl (C=O) groups is 1. The topological polar surface area (TPSA) is 28.5 Å². The summed E-state index contributed by atoms with van der Waals surface area (Å²) in [6.45, 7) is 5.45. The lowest BCUT2D eigenvalue weighted by molar-refractivity contribution is 0.0640. The molecule has 1 aromatic heterocycles. The smallest absolute Gasteiger partial charge is 0.270 e. The van der Waals surface area contributed by atoms with Gasteiger partial charge in [-0.05, 0) is 50.9 Å². The van der Waals surface area contributed by atoms with Crippen LogP contribution in [-0.4, -0.2) is 52.0 Å². The molecule has 20 heavy (non-hydrogen) atoms. The van der Waals surface area contributed by atoms with Gasteiger partial charge in [0, 0.05) is 31.9 Å². The molecule has 2 atom stereocenters. The molecule has 4 heteroatoms. The van der Waals surface area contributed by atoms with Crippen molar-refractivity contribution in [2.75, 3.05) is 19.6 Å². The van der Waals surface area contributed by atoms with Crippen LogP contribution in [0.2, 0.25) is 0 Å². The predicted molar refractivity (Wildman–Crippen MR) is 79.7 cm³/mol. The van der Waals surface area contributed by atoms with E-state index in [1.807, 2.05) is 29.9 Å². The van der Waals surface area contributed by atoms with E-state index in [1.54, 1.807) is 0 Å². The molecular weight excluding hydrogens is 250 g/mol. The summed E-state index contributed by atoms with van der Waals surface area (Å²) < 4.78 is 1.93. The minimum absolute atomic E-state index is 0.211. The van der Waals surface area contributed by atoms with E-state index in [1.165, 1.54) is 19.4 Å². The molecule has 2 fully saturated rings. The standard InChI is InChI=1S/C16H25N3O/c1-3-18-11-5-7-13(18)14-8-6-12-19(14)16(20)15-9-4-10-17(15)2/h4,9-10,13-14H,3,5-8,11-12H2,1-2H3/t13-,14-/m1/s1. The van der Waals surface area contributed by atoms with E-state index in [0.717, 1.165) is 31.6 Å². The highest BCUT2D eigenvalue weighted by atomic mass is 16.2. The Hall–Kier alpha value is -1.29. The molecule has 0 bridgehead atoms. The van der Waals surface area contributed by atoms with E-state index in [-0.39, 0.29) is 5.91 Å². The van der Waals surface area contributed by atoms with Gasteiger partial charge in [-0.25, -0.2) is 0 Å². The van der Waals surface area contributed by atoms with Crippen LogP contribution in [0.3, 0.4) is 0 Å². The Labute approximate surface area is 121 Å². The number of hydrogen-bond acceptors (Lipinski definition) is 2. The molecule has 0 unspecified atom stereocenters. The van der Waals surface area contributed by atoms with Crippen molar-refractivity contribution in [3.63, 3.8) is 0 Å². The first kappa shape index (κ1) is 13.7. The maximum absolute atomic E-state index is 12.8. The number of hydrogen-bond donors (Lipinski definition) is 0. The van der Waals surface area contributed by atoms with E-state index in [0.29, 0.717) is 12.1 Å². The average Bonchev–Trinajstić information content (AvgIpc) is 3.17. The van der Waals surface area contributed by atoms with Crippen molar-refractivity contribution >= 4 is 5.91 Å². The normalized spacial score (nSPS) is 27.4. The van der Waals surface area contributed by atoms with Gasteiger partial charge in [-0.15, -0.1) is 0 Å². The molecule has 1 aromatic rings. The largest absolute Gasteiger partial charge is 0.347 e. The lowest BCUT2D eigenvalue weighted by atomic mass is 10.0. The second-order valence-electron chi connectivity index (χ2n) is 6.05. The Morgan fingerprint density at radius 3 is 2.70 bits per heavy atom. The first-order valence-electron chi connectivity index (χ1n) is 7.88. The highest BCUT2D eigenvalue weighted by molar-refractivity contribution is 5.93.